The number of carbonyl (C=O) groups excluding carboxylic acids is 3. The summed E-state index contributed by atoms with van der Waals surface area (Å²) in [7, 11) is 3.05. The summed E-state index contributed by atoms with van der Waals surface area (Å²) < 4.78 is 10.6. The Labute approximate surface area is 180 Å². The first kappa shape index (κ1) is 22.0. The molecule has 2 aromatic rings. The number of nitrogens with zero attached hydrogens (tertiary/aromatic N) is 2. The zero-order valence-corrected chi connectivity index (χ0v) is 17.6. The van der Waals surface area contributed by atoms with Crippen LogP contribution in [0, 0.1) is 5.41 Å². The molecule has 4 amide bonds. The van der Waals surface area contributed by atoms with Crippen LogP contribution < -0.4 is 14.8 Å². The van der Waals surface area contributed by atoms with Crippen molar-refractivity contribution < 1.29 is 23.9 Å². The molecule has 1 aliphatic heterocycles. The number of barbiturate groups is 1. The van der Waals surface area contributed by atoms with Crippen molar-refractivity contribution in [3.05, 3.63) is 66.5 Å². The van der Waals surface area contributed by atoms with Crippen LogP contribution in [0.5, 0.6) is 11.5 Å². The number of amides is 4. The Hall–Kier alpha value is -3.68. The lowest BCUT2D eigenvalue weighted by molar-refractivity contribution is -0.151. The van der Waals surface area contributed by atoms with Gasteiger partial charge in [0, 0.05) is 18.4 Å². The first-order chi connectivity index (χ1) is 14.9. The van der Waals surface area contributed by atoms with Gasteiger partial charge in [0.2, 0.25) is 11.8 Å². The van der Waals surface area contributed by atoms with Crippen LogP contribution in [0.3, 0.4) is 0 Å². The summed E-state index contributed by atoms with van der Waals surface area (Å²) in [4.78, 5) is 44.2. The Morgan fingerprint density at radius 1 is 1.13 bits per heavy atom. The Morgan fingerprint density at radius 2 is 1.90 bits per heavy atom. The molecular formula is C23H25N3O5. The third-order valence-corrected chi connectivity index (χ3v) is 5.35. The topological polar surface area (TPSA) is 97.8 Å². The number of rotatable bonds is 9. The predicted octanol–water partition coefficient (Wildman–Crippen LogP) is 2.52. The van der Waals surface area contributed by atoms with Crippen LogP contribution in [-0.2, 0) is 22.4 Å². The Morgan fingerprint density at radius 3 is 2.55 bits per heavy atom. The zero-order valence-electron chi connectivity index (χ0n) is 17.6. The van der Waals surface area contributed by atoms with Crippen LogP contribution >= 0.6 is 0 Å². The molecule has 1 fully saturated rings. The molecule has 0 bridgehead atoms. The molecule has 0 aliphatic carbocycles. The van der Waals surface area contributed by atoms with E-state index in [0.717, 1.165) is 10.6 Å². The van der Waals surface area contributed by atoms with E-state index in [1.54, 1.807) is 30.5 Å². The highest BCUT2D eigenvalue weighted by atomic mass is 16.5. The lowest BCUT2D eigenvalue weighted by Crippen LogP contribution is -2.64. The molecule has 8 nitrogen and oxygen atoms in total. The van der Waals surface area contributed by atoms with E-state index < -0.39 is 23.3 Å². The molecule has 3 rings (SSSR count). The molecule has 8 heteroatoms. The molecule has 1 aromatic carbocycles. The van der Waals surface area contributed by atoms with Gasteiger partial charge in [-0.05, 0) is 49.1 Å². The Kier molecular flexibility index (Phi) is 6.69. The fourth-order valence-corrected chi connectivity index (χ4v) is 3.72. The standard InChI is InChI=1S/C23H25N3O5/c1-4-13-26-21(28)23(20(27)25-22(26)29,11-10-17-7-5-6-12-24-17)15-16-8-9-18(30-2)19(14-16)31-3/h4-9,12,14H,1,10-11,13,15H2,2-3H3,(H,25,27,29)/t23-/m1/s1. The van der Waals surface area contributed by atoms with E-state index in [2.05, 4.69) is 16.9 Å². The highest BCUT2D eigenvalue weighted by Gasteiger charge is 2.53. The summed E-state index contributed by atoms with van der Waals surface area (Å²) >= 11 is 0. The van der Waals surface area contributed by atoms with Crippen LogP contribution in [0.2, 0.25) is 0 Å². The quantitative estimate of drug-likeness (QED) is 0.492. The molecule has 1 atom stereocenters. The number of carbonyl (C=O) groups is 3. The Balaban J connectivity index is 2.01. The van der Waals surface area contributed by atoms with Crippen molar-refractivity contribution in [2.75, 3.05) is 20.8 Å². The van der Waals surface area contributed by atoms with Crippen LogP contribution in [0.25, 0.3) is 0 Å². The molecule has 1 aliphatic rings. The third kappa shape index (κ3) is 4.42. The minimum absolute atomic E-state index is 0.00914. The van der Waals surface area contributed by atoms with Crippen molar-refractivity contribution in [2.24, 2.45) is 5.41 Å². The molecule has 1 N–H and O–H groups in total. The van der Waals surface area contributed by atoms with E-state index in [1.807, 2.05) is 12.1 Å². The number of benzene rings is 1. The van der Waals surface area contributed by atoms with Crippen LogP contribution in [0.4, 0.5) is 4.79 Å². The largest absolute Gasteiger partial charge is 0.493 e. The minimum atomic E-state index is -1.48. The maximum atomic E-state index is 13.5. The summed E-state index contributed by atoms with van der Waals surface area (Å²) in [5.74, 6) is -0.139. The number of hydrogen-bond acceptors (Lipinski definition) is 6. The summed E-state index contributed by atoms with van der Waals surface area (Å²) in [5, 5.41) is 2.35. The summed E-state index contributed by atoms with van der Waals surface area (Å²) in [6.45, 7) is 3.62. The van der Waals surface area contributed by atoms with Gasteiger partial charge in [0.1, 0.15) is 5.41 Å². The first-order valence-electron chi connectivity index (χ1n) is 9.84. The SMILES string of the molecule is C=CCN1C(=O)NC(=O)[C@@](CCc2ccccn2)(Cc2ccc(OC)c(OC)c2)C1=O. The van der Waals surface area contributed by atoms with Gasteiger partial charge < -0.3 is 9.47 Å². The van der Waals surface area contributed by atoms with Crippen LogP contribution in [0.1, 0.15) is 17.7 Å². The van der Waals surface area contributed by atoms with Crippen molar-refractivity contribution in [3.63, 3.8) is 0 Å². The van der Waals surface area contributed by atoms with Gasteiger partial charge in [-0.25, -0.2) is 4.79 Å². The fourth-order valence-electron chi connectivity index (χ4n) is 3.72. The Bertz CT molecular complexity index is 992. The normalized spacial score (nSPS) is 18.5. The van der Waals surface area contributed by atoms with Gasteiger partial charge in [0.25, 0.3) is 0 Å². The second kappa shape index (κ2) is 9.42. The molecular weight excluding hydrogens is 398 g/mol. The molecule has 0 saturated carbocycles. The molecule has 162 valence electrons. The van der Waals surface area contributed by atoms with E-state index in [1.165, 1.54) is 20.3 Å². The van der Waals surface area contributed by atoms with Crippen LogP contribution in [0.15, 0.2) is 55.3 Å². The maximum absolute atomic E-state index is 13.5. The number of methoxy groups -OCH3 is 2. The summed E-state index contributed by atoms with van der Waals surface area (Å²) in [6.07, 6.45) is 3.78. The van der Waals surface area contributed by atoms with Gasteiger partial charge in [-0.15, -0.1) is 6.58 Å². The van der Waals surface area contributed by atoms with Crippen LogP contribution in [-0.4, -0.2) is 48.5 Å². The molecule has 0 spiro atoms. The van der Waals surface area contributed by atoms with Crippen molar-refractivity contribution in [2.45, 2.75) is 19.3 Å². The third-order valence-electron chi connectivity index (χ3n) is 5.35. The molecule has 1 saturated heterocycles. The highest BCUT2D eigenvalue weighted by Crippen LogP contribution is 2.37. The van der Waals surface area contributed by atoms with Gasteiger partial charge in [0.15, 0.2) is 11.5 Å². The minimum Gasteiger partial charge on any atom is -0.493 e. The number of nitrogens with one attached hydrogen (secondary N) is 1. The average molecular weight is 423 g/mol. The molecule has 31 heavy (non-hydrogen) atoms. The zero-order chi connectivity index (χ0) is 22.4. The van der Waals surface area contributed by atoms with E-state index in [0.29, 0.717) is 23.5 Å². The van der Waals surface area contributed by atoms with Gasteiger partial charge in [-0.2, -0.15) is 0 Å². The van der Waals surface area contributed by atoms with Gasteiger partial charge >= 0.3 is 6.03 Å². The number of urea groups is 1. The second-order valence-corrected chi connectivity index (χ2v) is 7.23. The van der Waals surface area contributed by atoms with Crippen molar-refractivity contribution in [1.29, 1.82) is 0 Å². The average Bonchev–Trinajstić information content (AvgIpc) is 2.79. The smallest absolute Gasteiger partial charge is 0.331 e. The molecule has 2 heterocycles. The lowest BCUT2D eigenvalue weighted by Gasteiger charge is -2.39. The van der Waals surface area contributed by atoms with Crippen molar-refractivity contribution in [1.82, 2.24) is 15.2 Å². The number of imide groups is 2. The summed E-state index contributed by atoms with van der Waals surface area (Å²) in [5.41, 5.74) is -0.0226. The summed E-state index contributed by atoms with van der Waals surface area (Å²) in [6, 6.07) is 9.97. The van der Waals surface area contributed by atoms with E-state index in [-0.39, 0.29) is 19.4 Å². The van der Waals surface area contributed by atoms with E-state index in [9.17, 15) is 14.4 Å². The molecule has 0 radical (unpaired) electrons. The number of pyridine rings is 1. The number of aromatic nitrogens is 1. The van der Waals surface area contributed by atoms with Crippen molar-refractivity contribution in [3.8, 4) is 11.5 Å². The second-order valence-electron chi connectivity index (χ2n) is 7.23. The van der Waals surface area contributed by atoms with Gasteiger partial charge in [-0.3, -0.25) is 24.8 Å². The van der Waals surface area contributed by atoms with Gasteiger partial charge in [0.05, 0.1) is 14.2 Å². The monoisotopic (exact) mass is 423 g/mol. The van der Waals surface area contributed by atoms with E-state index in [4.69, 9.17) is 9.47 Å². The molecule has 0 unspecified atom stereocenters. The number of aryl methyl sites for hydroxylation is 1. The number of hydrogen-bond donors (Lipinski definition) is 1. The maximum Gasteiger partial charge on any atom is 0.331 e. The van der Waals surface area contributed by atoms with Gasteiger partial charge in [-0.1, -0.05) is 18.2 Å². The van der Waals surface area contributed by atoms with Crippen molar-refractivity contribution >= 4 is 17.8 Å². The predicted molar refractivity (Wildman–Crippen MR) is 114 cm³/mol. The highest BCUT2D eigenvalue weighted by molar-refractivity contribution is 6.19. The lowest BCUT2D eigenvalue weighted by atomic mass is 9.74. The van der Waals surface area contributed by atoms with E-state index >= 15 is 0 Å². The number of ether oxygens (including phenoxy) is 2. The fraction of sp³-hybridized carbons (Fsp3) is 0.304. The first-order valence-corrected chi connectivity index (χ1v) is 9.84. The molecule has 1 aromatic heterocycles.